The van der Waals surface area contributed by atoms with Gasteiger partial charge in [0.2, 0.25) is 0 Å². The van der Waals surface area contributed by atoms with Crippen molar-refractivity contribution in [1.82, 2.24) is 0 Å². The van der Waals surface area contributed by atoms with E-state index in [-0.39, 0.29) is 42.7 Å². The molecule has 7 rings (SSSR count). The Morgan fingerprint density at radius 3 is 2.32 bits per heavy atom. The van der Waals surface area contributed by atoms with E-state index < -0.39 is 90.8 Å². The number of carbonyl (C=O) groups is 1. The van der Waals surface area contributed by atoms with Gasteiger partial charge >= 0.3 is 5.97 Å². The molecular weight excluding hydrogens is 801 g/mol. The quantitative estimate of drug-likeness (QED) is 0.210. The Hall–Kier alpha value is -2.31. The van der Waals surface area contributed by atoms with E-state index in [0.29, 0.717) is 43.3 Å². The van der Waals surface area contributed by atoms with E-state index >= 15 is 0 Å². The normalized spacial score (nSPS) is 49.1. The zero-order valence-electron chi connectivity index (χ0n) is 38.2. The lowest BCUT2D eigenvalue weighted by Crippen LogP contribution is -2.58. The van der Waals surface area contributed by atoms with Crippen LogP contribution in [0.5, 0.6) is 0 Å². The number of allylic oxidation sites excluding steroid dienone is 2. The van der Waals surface area contributed by atoms with Gasteiger partial charge in [0.25, 0.3) is 0 Å². The molecule has 0 saturated carbocycles. The van der Waals surface area contributed by atoms with Gasteiger partial charge in [0.05, 0.1) is 49.3 Å². The van der Waals surface area contributed by atoms with Crippen LogP contribution in [0.15, 0.2) is 59.3 Å². The molecule has 6 aliphatic heterocycles. The molecule has 3 N–H and O–H groups in total. The van der Waals surface area contributed by atoms with E-state index in [2.05, 4.69) is 39.8 Å². The van der Waals surface area contributed by atoms with Crippen molar-refractivity contribution in [3.05, 3.63) is 59.3 Å². The van der Waals surface area contributed by atoms with Gasteiger partial charge in [-0.25, -0.2) is 0 Å². The maximum atomic E-state index is 14.3. The van der Waals surface area contributed by atoms with Crippen LogP contribution in [-0.2, 0) is 52.2 Å². The van der Waals surface area contributed by atoms with Crippen LogP contribution in [0.25, 0.3) is 0 Å². The smallest absolute Gasteiger partial charge is 0.316 e. The van der Waals surface area contributed by atoms with Crippen LogP contribution < -0.4 is 0 Å². The molecule has 62 heavy (non-hydrogen) atoms. The van der Waals surface area contributed by atoms with Crippen molar-refractivity contribution >= 4 is 5.97 Å². The highest BCUT2D eigenvalue weighted by atomic mass is 16.7. The zero-order valence-corrected chi connectivity index (χ0v) is 38.2. The molecular formula is C48H72O14. The second-order valence-corrected chi connectivity index (χ2v) is 19.0. The van der Waals surface area contributed by atoms with Crippen molar-refractivity contribution in [2.75, 3.05) is 20.8 Å². The number of hydrogen-bond donors (Lipinski definition) is 3. The van der Waals surface area contributed by atoms with Crippen molar-refractivity contribution in [1.29, 1.82) is 0 Å². The summed E-state index contributed by atoms with van der Waals surface area (Å²) in [4.78, 5) is 14.3. The lowest BCUT2D eigenvalue weighted by atomic mass is 9.71. The molecule has 14 heteroatoms. The molecule has 348 valence electrons. The summed E-state index contributed by atoms with van der Waals surface area (Å²) in [5.74, 6) is -2.56. The van der Waals surface area contributed by atoms with Gasteiger partial charge < -0.3 is 62.7 Å². The van der Waals surface area contributed by atoms with Crippen LogP contribution in [0.2, 0.25) is 0 Å². The fourth-order valence-electron chi connectivity index (χ4n) is 10.6. The number of rotatable bonds is 8. The van der Waals surface area contributed by atoms with Crippen LogP contribution in [0, 0.1) is 23.7 Å². The number of methoxy groups -OCH3 is 2. The minimum atomic E-state index is -1.84. The van der Waals surface area contributed by atoms with Gasteiger partial charge in [-0.05, 0) is 62.8 Å². The molecule has 0 aromatic carbocycles. The van der Waals surface area contributed by atoms with Gasteiger partial charge in [0, 0.05) is 51.7 Å². The number of aliphatic hydroxyl groups is 3. The summed E-state index contributed by atoms with van der Waals surface area (Å²) >= 11 is 0. The highest BCUT2D eigenvalue weighted by Gasteiger charge is 2.60. The molecule has 14 nitrogen and oxygen atoms in total. The van der Waals surface area contributed by atoms with E-state index in [1.54, 1.807) is 40.2 Å². The van der Waals surface area contributed by atoms with E-state index in [9.17, 15) is 20.1 Å². The minimum absolute atomic E-state index is 0.0317. The second-order valence-electron chi connectivity index (χ2n) is 19.0. The highest BCUT2D eigenvalue weighted by Crippen LogP contribution is 2.47. The van der Waals surface area contributed by atoms with Gasteiger partial charge in [0.15, 0.2) is 18.4 Å². The monoisotopic (exact) mass is 872 g/mol. The number of carbonyl (C=O) groups excluding carboxylic acids is 1. The van der Waals surface area contributed by atoms with Gasteiger partial charge in [0.1, 0.15) is 42.0 Å². The summed E-state index contributed by atoms with van der Waals surface area (Å²) in [5, 5.41) is 34.2. The molecule has 6 heterocycles. The number of ether oxygens (including phenoxy) is 10. The third-order valence-corrected chi connectivity index (χ3v) is 14.5. The molecule has 4 fully saturated rings. The summed E-state index contributed by atoms with van der Waals surface area (Å²) in [7, 11) is 3.22. The van der Waals surface area contributed by atoms with Crippen LogP contribution in [0.3, 0.4) is 0 Å². The summed E-state index contributed by atoms with van der Waals surface area (Å²) in [6.07, 6.45) is 8.55. The first-order valence-electron chi connectivity index (χ1n) is 22.9. The summed E-state index contributed by atoms with van der Waals surface area (Å²) < 4.78 is 63.7. The number of hydrogen-bond acceptors (Lipinski definition) is 14. The average molecular weight is 873 g/mol. The third-order valence-electron chi connectivity index (χ3n) is 14.5. The third kappa shape index (κ3) is 9.64. The first-order chi connectivity index (χ1) is 29.5. The van der Waals surface area contributed by atoms with Crippen molar-refractivity contribution in [2.45, 2.75) is 191 Å². The molecule has 0 aromatic heterocycles. The lowest BCUT2D eigenvalue weighted by Gasteiger charge is -2.48. The van der Waals surface area contributed by atoms with Gasteiger partial charge in [-0.15, -0.1) is 0 Å². The SMILES string of the molecule is CCC(C)[C@H]1O[C@]2(C=C[C@@H]1C)C[C@@H]1C[C@@H](C/C=C(\C)[C@H](O[C@H]3C[C@H](OC)[C@@H](O[C@H]4C[C@H](OC)[C@@H](O)[C@H](C)O4)[C@H](C)O3)[C@@H](C)/C=C/C=C3\CO[C@@H]4[C@H](O)C(C)=C[C@@H](C(=O)O1)[C@]34O)O2. The molecule has 20 atom stereocenters. The second kappa shape index (κ2) is 19.7. The predicted molar refractivity (Wildman–Crippen MR) is 227 cm³/mol. The van der Waals surface area contributed by atoms with Gasteiger partial charge in [-0.3, -0.25) is 4.79 Å². The average Bonchev–Trinajstić information content (AvgIpc) is 3.58. The van der Waals surface area contributed by atoms with E-state index in [1.807, 2.05) is 32.1 Å². The first-order valence-corrected chi connectivity index (χ1v) is 22.9. The Labute approximate surface area is 367 Å². The molecule has 1 unspecified atom stereocenters. The number of esters is 1. The van der Waals surface area contributed by atoms with Crippen LogP contribution in [0.4, 0.5) is 0 Å². The van der Waals surface area contributed by atoms with Crippen LogP contribution >= 0.6 is 0 Å². The Kier molecular flexibility index (Phi) is 15.1. The van der Waals surface area contributed by atoms with Crippen LogP contribution in [0.1, 0.15) is 93.9 Å². The molecule has 0 amide bonds. The lowest BCUT2D eigenvalue weighted by molar-refractivity contribution is -0.318. The standard InChI is InChI=1S/C48H72O14/c1-11-25(2)43-28(5)17-18-47(62-43)23-34-20-33(61-47)16-15-27(4)42(26(3)13-12-14-32-24-55-45-40(49)29(6)19-35(46(51)58-34)48(32,45)52)59-39-22-37(54-10)44(31(8)57-39)60-38-21-36(53-9)41(50)30(7)56-38/h12-15,17-19,25-26,28,30-31,33-45,49-50,52H,11,16,20-24H2,1-10H3/b13-12+,27-15+,32-14+/t25?,26-,28-,30-,31-,33+,34-,35-,36-,37-,38-,39-,40+,41-,42+,43+,44-,45+,47+,48+/m0/s1. The Balaban J connectivity index is 1.18. The fourth-order valence-corrected chi connectivity index (χ4v) is 10.6. The minimum Gasteiger partial charge on any atom is -0.462 e. The van der Waals surface area contributed by atoms with Crippen molar-refractivity contribution in [2.24, 2.45) is 23.7 Å². The Morgan fingerprint density at radius 2 is 1.60 bits per heavy atom. The van der Waals surface area contributed by atoms with E-state index in [1.165, 1.54) is 0 Å². The number of aliphatic hydroxyl groups excluding tert-OH is 2. The summed E-state index contributed by atoms with van der Waals surface area (Å²) in [5.41, 5.74) is 0.134. The van der Waals surface area contributed by atoms with E-state index in [4.69, 9.17) is 47.4 Å². The number of fused-ring (bicyclic) bond motifs is 2. The Bertz CT molecular complexity index is 1730. The largest absolute Gasteiger partial charge is 0.462 e. The molecule has 0 aromatic rings. The van der Waals surface area contributed by atoms with Crippen molar-refractivity contribution < 1.29 is 67.5 Å². The summed E-state index contributed by atoms with van der Waals surface area (Å²) in [6, 6.07) is 0. The molecule has 2 bridgehead atoms. The van der Waals surface area contributed by atoms with Crippen molar-refractivity contribution in [3.8, 4) is 0 Å². The highest BCUT2D eigenvalue weighted by molar-refractivity contribution is 5.78. The maximum Gasteiger partial charge on any atom is 0.316 e. The van der Waals surface area contributed by atoms with E-state index in [0.717, 1.165) is 12.0 Å². The molecule has 4 saturated heterocycles. The predicted octanol–water partition coefficient (Wildman–Crippen LogP) is 5.38. The molecule has 1 aliphatic carbocycles. The molecule has 1 spiro atoms. The zero-order chi connectivity index (χ0) is 44.7. The molecule has 0 radical (unpaired) electrons. The van der Waals surface area contributed by atoms with Gasteiger partial charge in [-0.1, -0.05) is 70.6 Å². The maximum absolute atomic E-state index is 14.3. The topological polar surface area (TPSA) is 170 Å². The fraction of sp³-hybridized carbons (Fsp3) is 0.771. The Morgan fingerprint density at radius 1 is 0.887 bits per heavy atom. The summed E-state index contributed by atoms with van der Waals surface area (Å²) in [6.45, 7) is 16.1. The van der Waals surface area contributed by atoms with Crippen LogP contribution in [-0.4, -0.2) is 139 Å². The first kappa shape index (κ1) is 47.6. The van der Waals surface area contributed by atoms with Gasteiger partial charge in [-0.2, -0.15) is 0 Å². The van der Waals surface area contributed by atoms with Crippen molar-refractivity contribution in [3.63, 3.8) is 0 Å². The molecule has 7 aliphatic rings.